The van der Waals surface area contributed by atoms with Crippen molar-refractivity contribution in [3.8, 4) is 5.75 Å². The molecule has 0 fully saturated rings. The normalized spacial score (nSPS) is 12.8. The Kier molecular flexibility index (Phi) is 5.13. The van der Waals surface area contributed by atoms with E-state index in [2.05, 4.69) is 5.32 Å². The van der Waals surface area contributed by atoms with Crippen molar-refractivity contribution >= 4 is 17.5 Å². The molecule has 1 aromatic rings. The number of rotatable bonds is 2. The molecule has 1 aliphatic heterocycles. The summed E-state index contributed by atoms with van der Waals surface area (Å²) in [5.41, 5.74) is 0.688. The van der Waals surface area contributed by atoms with Gasteiger partial charge in [-0.15, -0.1) is 0 Å². The Balaban J connectivity index is 0.000000771. The Morgan fingerprint density at radius 1 is 1.44 bits per heavy atom. The number of nitrogens with zero attached hydrogens (tertiary/aromatic N) is 1. The molecular formula is C12H16N2O4. The lowest BCUT2D eigenvalue weighted by molar-refractivity contribution is -0.121. The van der Waals surface area contributed by atoms with Crippen molar-refractivity contribution < 1.29 is 19.4 Å². The van der Waals surface area contributed by atoms with Gasteiger partial charge in [-0.3, -0.25) is 14.5 Å². The standard InChI is InChI=1S/C11H12N2O3.CH4O/c1-8(14)12-7-13-9-4-2-3-5-10(9)16-6-11(13)15;1-2/h2-5H,6-7H2,1H3,(H,12,14);2H,1H3. The van der Waals surface area contributed by atoms with Gasteiger partial charge in [-0.25, -0.2) is 0 Å². The highest BCUT2D eigenvalue weighted by Crippen LogP contribution is 2.30. The molecule has 0 spiro atoms. The summed E-state index contributed by atoms with van der Waals surface area (Å²) in [5, 5.41) is 9.60. The van der Waals surface area contributed by atoms with Crippen LogP contribution in [0.15, 0.2) is 24.3 Å². The molecule has 0 saturated carbocycles. The first-order chi connectivity index (χ1) is 8.68. The fraction of sp³-hybridized carbons (Fsp3) is 0.333. The van der Waals surface area contributed by atoms with E-state index in [0.29, 0.717) is 11.4 Å². The number of aliphatic hydroxyl groups excluding tert-OH is 1. The monoisotopic (exact) mass is 252 g/mol. The molecule has 0 radical (unpaired) electrons. The summed E-state index contributed by atoms with van der Waals surface area (Å²) in [4.78, 5) is 23.9. The predicted molar refractivity (Wildman–Crippen MR) is 66.2 cm³/mol. The number of ether oxygens (including phenoxy) is 1. The maximum absolute atomic E-state index is 11.6. The largest absolute Gasteiger partial charge is 0.482 e. The average Bonchev–Trinajstić information content (AvgIpc) is 2.40. The minimum absolute atomic E-state index is 0.0105. The van der Waals surface area contributed by atoms with Crippen LogP contribution < -0.4 is 15.0 Å². The topological polar surface area (TPSA) is 78.9 Å². The van der Waals surface area contributed by atoms with Gasteiger partial charge in [-0.05, 0) is 12.1 Å². The third-order valence-corrected chi connectivity index (χ3v) is 2.29. The van der Waals surface area contributed by atoms with Crippen LogP contribution in [0.25, 0.3) is 0 Å². The van der Waals surface area contributed by atoms with E-state index in [9.17, 15) is 9.59 Å². The Bertz CT molecular complexity index is 434. The lowest BCUT2D eigenvalue weighted by Gasteiger charge is -2.29. The van der Waals surface area contributed by atoms with Crippen molar-refractivity contribution in [1.82, 2.24) is 5.32 Å². The molecule has 0 unspecified atom stereocenters. The molecule has 6 heteroatoms. The number of benzene rings is 1. The van der Waals surface area contributed by atoms with Crippen LogP contribution in [0.5, 0.6) is 5.75 Å². The SMILES string of the molecule is CC(=O)NCN1C(=O)COc2ccccc21.CO. The second kappa shape index (κ2) is 6.61. The summed E-state index contributed by atoms with van der Waals surface area (Å²) in [5.74, 6) is 0.330. The van der Waals surface area contributed by atoms with Crippen LogP contribution >= 0.6 is 0 Å². The first kappa shape index (κ1) is 14.0. The van der Waals surface area contributed by atoms with E-state index in [1.54, 1.807) is 12.1 Å². The van der Waals surface area contributed by atoms with Crippen molar-refractivity contribution in [3.05, 3.63) is 24.3 Å². The van der Waals surface area contributed by atoms with E-state index in [4.69, 9.17) is 9.84 Å². The smallest absolute Gasteiger partial charge is 0.266 e. The quantitative estimate of drug-likeness (QED) is 0.783. The van der Waals surface area contributed by atoms with Gasteiger partial charge in [0, 0.05) is 14.0 Å². The van der Waals surface area contributed by atoms with E-state index < -0.39 is 0 Å². The number of carbonyl (C=O) groups excluding carboxylic acids is 2. The summed E-state index contributed by atoms with van der Waals surface area (Å²) in [6, 6.07) is 7.24. The number of hydrogen-bond donors (Lipinski definition) is 2. The fourth-order valence-electron chi connectivity index (χ4n) is 1.52. The van der Waals surface area contributed by atoms with E-state index in [-0.39, 0.29) is 25.1 Å². The molecule has 0 aromatic heterocycles. The molecule has 1 aliphatic rings. The minimum Gasteiger partial charge on any atom is -0.482 e. The molecule has 0 bridgehead atoms. The molecule has 18 heavy (non-hydrogen) atoms. The predicted octanol–water partition coefficient (Wildman–Crippen LogP) is 0.114. The fourth-order valence-corrected chi connectivity index (χ4v) is 1.52. The zero-order valence-electron chi connectivity index (χ0n) is 10.3. The van der Waals surface area contributed by atoms with Gasteiger partial charge >= 0.3 is 0 Å². The highest BCUT2D eigenvalue weighted by molar-refractivity contribution is 5.98. The van der Waals surface area contributed by atoms with Crippen LogP contribution in [-0.4, -0.2) is 37.3 Å². The zero-order valence-corrected chi connectivity index (χ0v) is 10.3. The van der Waals surface area contributed by atoms with Gasteiger partial charge in [0.05, 0.1) is 12.4 Å². The molecule has 98 valence electrons. The van der Waals surface area contributed by atoms with Crippen molar-refractivity contribution in [2.24, 2.45) is 0 Å². The Hall–Kier alpha value is -2.08. The van der Waals surface area contributed by atoms with Gasteiger partial charge in [0.1, 0.15) is 5.75 Å². The van der Waals surface area contributed by atoms with Gasteiger partial charge in [-0.2, -0.15) is 0 Å². The molecule has 2 amide bonds. The van der Waals surface area contributed by atoms with Gasteiger partial charge in [0.25, 0.3) is 5.91 Å². The molecule has 2 rings (SSSR count). The summed E-state index contributed by atoms with van der Waals surface area (Å²) in [6.45, 7) is 1.60. The molecular weight excluding hydrogens is 236 g/mol. The van der Waals surface area contributed by atoms with Crippen LogP contribution in [0.2, 0.25) is 0 Å². The molecule has 0 saturated heterocycles. The van der Waals surface area contributed by atoms with E-state index in [1.165, 1.54) is 11.8 Å². The van der Waals surface area contributed by atoms with Gasteiger partial charge in [0.2, 0.25) is 5.91 Å². The first-order valence-corrected chi connectivity index (χ1v) is 5.40. The maximum Gasteiger partial charge on any atom is 0.266 e. The number of para-hydroxylation sites is 2. The number of amides is 2. The Morgan fingerprint density at radius 3 is 2.78 bits per heavy atom. The van der Waals surface area contributed by atoms with Crippen molar-refractivity contribution in [2.75, 3.05) is 25.3 Å². The number of carbonyl (C=O) groups is 2. The average molecular weight is 252 g/mol. The number of aliphatic hydroxyl groups is 1. The lowest BCUT2D eigenvalue weighted by atomic mass is 10.2. The Morgan fingerprint density at radius 2 is 2.11 bits per heavy atom. The first-order valence-electron chi connectivity index (χ1n) is 5.40. The van der Waals surface area contributed by atoms with Crippen molar-refractivity contribution in [2.45, 2.75) is 6.92 Å². The Labute approximate surface area is 105 Å². The molecule has 0 atom stereocenters. The van der Waals surface area contributed by atoms with E-state index in [0.717, 1.165) is 7.11 Å². The molecule has 1 aromatic carbocycles. The summed E-state index contributed by atoms with van der Waals surface area (Å²) in [6.07, 6.45) is 0. The van der Waals surface area contributed by atoms with Crippen molar-refractivity contribution in [3.63, 3.8) is 0 Å². The van der Waals surface area contributed by atoms with Crippen LogP contribution in [0.1, 0.15) is 6.92 Å². The van der Waals surface area contributed by atoms with Crippen LogP contribution in [0.3, 0.4) is 0 Å². The number of fused-ring (bicyclic) bond motifs is 1. The van der Waals surface area contributed by atoms with Crippen LogP contribution in [-0.2, 0) is 9.59 Å². The van der Waals surface area contributed by atoms with Gasteiger partial charge in [-0.1, -0.05) is 12.1 Å². The number of nitrogens with one attached hydrogen (secondary N) is 1. The van der Waals surface area contributed by atoms with E-state index in [1.807, 2.05) is 12.1 Å². The highest BCUT2D eigenvalue weighted by atomic mass is 16.5. The lowest BCUT2D eigenvalue weighted by Crippen LogP contribution is -2.45. The van der Waals surface area contributed by atoms with Crippen LogP contribution in [0.4, 0.5) is 5.69 Å². The van der Waals surface area contributed by atoms with Crippen molar-refractivity contribution in [1.29, 1.82) is 0 Å². The maximum atomic E-state index is 11.6. The van der Waals surface area contributed by atoms with Gasteiger partial charge in [0.15, 0.2) is 6.61 Å². The molecule has 1 heterocycles. The number of anilines is 1. The second-order valence-electron chi connectivity index (χ2n) is 3.47. The summed E-state index contributed by atoms with van der Waals surface area (Å²) < 4.78 is 5.27. The summed E-state index contributed by atoms with van der Waals surface area (Å²) >= 11 is 0. The third-order valence-electron chi connectivity index (χ3n) is 2.29. The van der Waals surface area contributed by atoms with E-state index >= 15 is 0 Å². The highest BCUT2D eigenvalue weighted by Gasteiger charge is 2.24. The van der Waals surface area contributed by atoms with Gasteiger partial charge < -0.3 is 15.2 Å². The van der Waals surface area contributed by atoms with Crippen LogP contribution in [0, 0.1) is 0 Å². The third kappa shape index (κ3) is 3.21. The molecule has 0 aliphatic carbocycles. The minimum atomic E-state index is -0.170. The number of hydrogen-bond acceptors (Lipinski definition) is 4. The molecule has 6 nitrogen and oxygen atoms in total. The second-order valence-corrected chi connectivity index (χ2v) is 3.47. The summed E-state index contributed by atoms with van der Waals surface area (Å²) in [7, 11) is 1.00. The molecule has 2 N–H and O–H groups in total. The zero-order chi connectivity index (χ0) is 13.5.